The fourth-order valence-corrected chi connectivity index (χ4v) is 4.16. The molecule has 0 atom stereocenters. The molecule has 3 aromatic rings. The molecule has 4 rings (SSSR count). The highest BCUT2D eigenvalue weighted by Gasteiger charge is 2.40. The molecule has 13 heteroatoms. The van der Waals surface area contributed by atoms with Gasteiger partial charge in [0, 0.05) is 37.5 Å². The number of nitrogen functional groups attached to an aromatic ring is 1. The summed E-state index contributed by atoms with van der Waals surface area (Å²) < 4.78 is 10.9. The Balaban J connectivity index is 1.59. The quantitative estimate of drug-likeness (QED) is 0.144. The van der Waals surface area contributed by atoms with Crippen molar-refractivity contribution in [1.82, 2.24) is 19.9 Å². The number of hydrogen-bond acceptors (Lipinski definition) is 12. The maximum absolute atomic E-state index is 11.2. The highest BCUT2D eigenvalue weighted by Crippen LogP contribution is 2.37. The molecule has 1 aromatic heterocycles. The molecule has 5 N–H and O–H groups in total. The van der Waals surface area contributed by atoms with Crippen LogP contribution in [-0.4, -0.2) is 84.8 Å². The molecule has 1 fully saturated rings. The minimum absolute atomic E-state index is 0.155. The Bertz CT molecular complexity index is 1400. The van der Waals surface area contributed by atoms with Gasteiger partial charge in [-0.25, -0.2) is 9.97 Å². The number of nitrogens with two attached hydrogens (primary N) is 1. The van der Waals surface area contributed by atoms with E-state index in [9.17, 15) is 9.90 Å². The molecular weight excluding hydrogens is 536 g/mol. The Morgan fingerprint density at radius 2 is 1.85 bits per heavy atom. The van der Waals surface area contributed by atoms with Crippen molar-refractivity contribution in [3.8, 4) is 5.75 Å². The number of carbonyl (C=O) groups excluding carboxylic acids is 1. The summed E-state index contributed by atoms with van der Waals surface area (Å²) in [5.41, 5.74) is 9.06. The first-order valence-electron chi connectivity index (χ1n) is 12.5. The van der Waals surface area contributed by atoms with Crippen LogP contribution in [0.4, 0.5) is 34.6 Å². The molecule has 212 valence electrons. The maximum atomic E-state index is 11.2. The number of hydrogen-bond donors (Lipinski definition) is 4. The summed E-state index contributed by atoms with van der Waals surface area (Å²) in [5.74, 6) is 1.04. The van der Waals surface area contributed by atoms with E-state index >= 15 is 0 Å². The van der Waals surface area contributed by atoms with E-state index in [1.807, 2.05) is 27.2 Å². The first-order chi connectivity index (χ1) is 19.1. The molecule has 0 bridgehead atoms. The van der Waals surface area contributed by atoms with Crippen molar-refractivity contribution in [2.45, 2.75) is 5.60 Å². The van der Waals surface area contributed by atoms with Gasteiger partial charge in [0.2, 0.25) is 17.1 Å². The highest BCUT2D eigenvalue weighted by atomic mass is 35.5. The summed E-state index contributed by atoms with van der Waals surface area (Å²) in [6.07, 6.45) is 4.18. The van der Waals surface area contributed by atoms with Crippen molar-refractivity contribution in [1.29, 1.82) is 0 Å². The summed E-state index contributed by atoms with van der Waals surface area (Å²) in [6, 6.07) is 8.93. The van der Waals surface area contributed by atoms with Gasteiger partial charge in [0.05, 0.1) is 37.4 Å². The molecule has 1 aliphatic rings. The van der Waals surface area contributed by atoms with Crippen molar-refractivity contribution in [2.75, 3.05) is 75.8 Å². The van der Waals surface area contributed by atoms with Crippen molar-refractivity contribution < 1.29 is 19.4 Å². The molecule has 12 nitrogen and oxygen atoms in total. The lowest BCUT2D eigenvalue weighted by atomic mass is 9.89. The minimum Gasteiger partial charge on any atom is -0.494 e. The average molecular weight is 569 g/mol. The zero-order valence-corrected chi connectivity index (χ0v) is 23.6. The third-order valence-electron chi connectivity index (χ3n) is 6.34. The SMILES string of the molecule is COc1cc(N(C)CCN(C)C)c(N)cc1Nc1ncnc(Nc2cc(/C=C\C(=O)Cl)ccc2C2(O)COC2)n1. The fraction of sp³-hybridized carbons (Fsp3) is 0.333. The molecule has 0 amide bonds. The van der Waals surface area contributed by atoms with Crippen LogP contribution in [0.3, 0.4) is 0 Å². The molecule has 2 aromatic carbocycles. The molecule has 0 spiro atoms. The van der Waals surface area contributed by atoms with Crippen LogP contribution in [0.5, 0.6) is 5.75 Å². The molecule has 0 unspecified atom stereocenters. The molecular formula is C27H33ClN8O4. The fourth-order valence-electron chi connectivity index (χ4n) is 4.10. The van der Waals surface area contributed by atoms with Gasteiger partial charge in [0.1, 0.15) is 17.7 Å². The van der Waals surface area contributed by atoms with Crippen LogP contribution in [-0.2, 0) is 15.1 Å². The molecule has 0 aliphatic carbocycles. The van der Waals surface area contributed by atoms with Crippen LogP contribution in [0.15, 0.2) is 42.7 Å². The number of rotatable bonds is 12. The van der Waals surface area contributed by atoms with Gasteiger partial charge in [-0.15, -0.1) is 0 Å². The van der Waals surface area contributed by atoms with E-state index in [1.165, 1.54) is 12.4 Å². The lowest BCUT2D eigenvalue weighted by molar-refractivity contribution is -0.184. The molecule has 1 saturated heterocycles. The van der Waals surface area contributed by atoms with Crippen LogP contribution in [0.1, 0.15) is 11.1 Å². The molecule has 2 heterocycles. The predicted octanol–water partition coefficient (Wildman–Crippen LogP) is 2.94. The molecule has 40 heavy (non-hydrogen) atoms. The summed E-state index contributed by atoms with van der Waals surface area (Å²) in [5, 5.41) is 16.7. The lowest BCUT2D eigenvalue weighted by Crippen LogP contribution is -2.46. The van der Waals surface area contributed by atoms with E-state index in [0.717, 1.165) is 18.8 Å². The van der Waals surface area contributed by atoms with Gasteiger partial charge in [-0.3, -0.25) is 4.79 Å². The van der Waals surface area contributed by atoms with Gasteiger partial charge < -0.3 is 40.7 Å². The zero-order valence-electron chi connectivity index (χ0n) is 22.8. The number of benzene rings is 2. The Kier molecular flexibility index (Phi) is 9.05. The summed E-state index contributed by atoms with van der Waals surface area (Å²) in [4.78, 5) is 28.3. The van der Waals surface area contributed by atoms with Crippen molar-refractivity contribution in [3.05, 3.63) is 53.9 Å². The smallest absolute Gasteiger partial charge is 0.245 e. The number of anilines is 6. The number of nitrogens with zero attached hydrogens (tertiary/aromatic N) is 5. The largest absolute Gasteiger partial charge is 0.494 e. The number of aromatic nitrogens is 3. The van der Waals surface area contributed by atoms with Crippen LogP contribution in [0, 0.1) is 0 Å². The van der Waals surface area contributed by atoms with E-state index in [4.69, 9.17) is 26.8 Å². The number of aliphatic hydroxyl groups is 1. The number of allylic oxidation sites excluding steroid dienone is 1. The second-order valence-corrected chi connectivity index (χ2v) is 10.1. The Morgan fingerprint density at radius 3 is 2.45 bits per heavy atom. The monoisotopic (exact) mass is 568 g/mol. The van der Waals surface area contributed by atoms with Gasteiger partial charge in [-0.05, 0) is 49.5 Å². The third kappa shape index (κ3) is 6.96. The van der Waals surface area contributed by atoms with Crippen LogP contribution >= 0.6 is 11.6 Å². The zero-order chi connectivity index (χ0) is 28.9. The van der Waals surface area contributed by atoms with Crippen molar-refractivity contribution in [2.24, 2.45) is 0 Å². The number of ether oxygens (including phenoxy) is 2. The van der Waals surface area contributed by atoms with Crippen molar-refractivity contribution >= 4 is 57.6 Å². The van der Waals surface area contributed by atoms with E-state index < -0.39 is 10.8 Å². The Morgan fingerprint density at radius 1 is 1.15 bits per heavy atom. The Hall–Kier alpha value is -3.97. The number of halogens is 1. The first-order valence-corrected chi connectivity index (χ1v) is 12.8. The van der Waals surface area contributed by atoms with Crippen molar-refractivity contribution in [3.63, 3.8) is 0 Å². The second-order valence-electron chi connectivity index (χ2n) is 9.69. The number of nitrogens with one attached hydrogen (secondary N) is 2. The Labute approximate surface area is 237 Å². The van der Waals surface area contributed by atoms with E-state index in [2.05, 4.69) is 35.4 Å². The summed E-state index contributed by atoms with van der Waals surface area (Å²) >= 11 is 5.44. The maximum Gasteiger partial charge on any atom is 0.245 e. The van der Waals surface area contributed by atoms with Gasteiger partial charge in [0.25, 0.3) is 0 Å². The van der Waals surface area contributed by atoms with Crippen LogP contribution in [0.2, 0.25) is 0 Å². The summed E-state index contributed by atoms with van der Waals surface area (Å²) in [6.45, 7) is 1.97. The summed E-state index contributed by atoms with van der Waals surface area (Å²) in [7, 11) is 7.59. The van der Waals surface area contributed by atoms with Gasteiger partial charge in [-0.1, -0.05) is 18.2 Å². The van der Waals surface area contributed by atoms with E-state index in [-0.39, 0.29) is 25.1 Å². The lowest BCUT2D eigenvalue weighted by Gasteiger charge is -2.38. The third-order valence-corrected chi connectivity index (χ3v) is 6.47. The van der Waals surface area contributed by atoms with E-state index in [0.29, 0.717) is 33.9 Å². The standard InChI is InChI=1S/C27H33ClN8O4/c1-35(2)9-10-36(3)22-13-23(39-4)21(12-19(22)29)33-26-31-16-30-25(34-26)32-20-11-17(6-8-24(28)37)5-7-18(20)27(38)14-40-15-27/h5-8,11-13,16,38H,9-10,14-15,29H2,1-4H3,(H2,30,31,32,33,34)/b8-6-. The molecule has 1 aliphatic heterocycles. The average Bonchev–Trinajstić information content (AvgIpc) is 2.89. The first kappa shape index (κ1) is 29.0. The van der Waals surface area contributed by atoms with Crippen LogP contribution in [0.25, 0.3) is 6.08 Å². The number of methoxy groups -OCH3 is 1. The number of likely N-dealkylation sites (N-methyl/N-ethyl adjacent to an activating group) is 2. The molecule has 0 saturated carbocycles. The minimum atomic E-state index is -1.16. The van der Waals surface area contributed by atoms with Gasteiger partial charge >= 0.3 is 0 Å². The molecule has 0 radical (unpaired) electrons. The topological polar surface area (TPSA) is 151 Å². The van der Waals surface area contributed by atoms with Crippen LogP contribution < -0.4 is 26.0 Å². The van der Waals surface area contributed by atoms with Gasteiger partial charge in [0.15, 0.2) is 0 Å². The predicted molar refractivity (Wildman–Crippen MR) is 157 cm³/mol. The highest BCUT2D eigenvalue weighted by molar-refractivity contribution is 6.66. The van der Waals surface area contributed by atoms with Gasteiger partial charge in [-0.2, -0.15) is 4.98 Å². The van der Waals surface area contributed by atoms with E-state index in [1.54, 1.807) is 37.5 Å². The normalized spacial score (nSPS) is 14.2. The second kappa shape index (κ2) is 12.5. The number of carbonyl (C=O) groups is 1.